The Morgan fingerprint density at radius 2 is 1.79 bits per heavy atom. The van der Waals surface area contributed by atoms with Crippen LogP contribution in [0, 0.1) is 5.21 Å². The maximum atomic E-state index is 13.7. The van der Waals surface area contributed by atoms with E-state index in [9.17, 15) is 14.8 Å². The highest BCUT2D eigenvalue weighted by Crippen LogP contribution is 2.30. The average molecular weight is 542 g/mol. The topological polar surface area (TPSA) is 110 Å². The number of esters is 1. The first-order valence-electron chi connectivity index (χ1n) is 12.5. The second kappa shape index (κ2) is 11.6. The van der Waals surface area contributed by atoms with E-state index in [-0.39, 0.29) is 12.2 Å². The predicted molar refractivity (Wildman–Crippen MR) is 149 cm³/mol. The lowest BCUT2D eigenvalue weighted by Gasteiger charge is -2.24. The minimum Gasteiger partial charge on any atom is -0.630 e. The third-order valence-corrected chi connectivity index (χ3v) is 7.31. The van der Waals surface area contributed by atoms with Crippen molar-refractivity contribution in [2.45, 2.75) is 26.5 Å². The van der Waals surface area contributed by atoms with E-state index in [4.69, 9.17) is 9.47 Å². The second-order valence-corrected chi connectivity index (χ2v) is 9.94. The summed E-state index contributed by atoms with van der Waals surface area (Å²) in [6.07, 6.45) is 1.82. The number of rotatable bonds is 8. The Balaban J connectivity index is 1.45. The third kappa shape index (κ3) is 5.61. The molecule has 1 aliphatic rings. The highest BCUT2D eigenvalue weighted by Gasteiger charge is 2.33. The molecule has 9 heteroatoms. The number of carbonyl (C=O) groups excluding carboxylic acids is 1. The summed E-state index contributed by atoms with van der Waals surface area (Å²) in [6.45, 7) is 4.13. The van der Waals surface area contributed by atoms with Crippen molar-refractivity contribution in [2.24, 2.45) is 4.99 Å². The van der Waals surface area contributed by atoms with Gasteiger partial charge < -0.3 is 20.2 Å². The van der Waals surface area contributed by atoms with Gasteiger partial charge in [-0.2, -0.15) is 0 Å². The van der Waals surface area contributed by atoms with E-state index in [1.54, 1.807) is 30.5 Å². The van der Waals surface area contributed by atoms with Crippen LogP contribution in [-0.2, 0) is 16.1 Å². The zero-order valence-electron chi connectivity index (χ0n) is 21.5. The number of hydrogen-bond donors (Lipinski definition) is 1. The normalized spacial score (nSPS) is 15.1. The fraction of sp³-hybridized carbons (Fsp3) is 0.167. The summed E-state index contributed by atoms with van der Waals surface area (Å²) in [5, 5.41) is 10.8. The fourth-order valence-corrected chi connectivity index (χ4v) is 5.46. The molecule has 5 rings (SSSR count). The van der Waals surface area contributed by atoms with Crippen molar-refractivity contribution in [1.29, 1.82) is 0 Å². The molecule has 2 N–H and O–H groups in total. The molecule has 1 aliphatic heterocycles. The minimum atomic E-state index is -0.625. The number of allylic oxidation sites excluding steroid dienone is 1. The number of thiazole rings is 1. The van der Waals surface area contributed by atoms with Gasteiger partial charge in [0.1, 0.15) is 18.0 Å². The van der Waals surface area contributed by atoms with Gasteiger partial charge in [0.2, 0.25) is 0 Å². The molecule has 198 valence electrons. The van der Waals surface area contributed by atoms with Gasteiger partial charge in [0, 0.05) is 0 Å². The number of nitrogens with two attached hydrogens (primary N) is 1. The van der Waals surface area contributed by atoms with Gasteiger partial charge >= 0.3 is 5.97 Å². The molecular weight excluding hydrogens is 514 g/mol. The van der Waals surface area contributed by atoms with Gasteiger partial charge in [0.05, 0.1) is 28.5 Å². The van der Waals surface area contributed by atoms with Crippen molar-refractivity contribution in [3.05, 3.63) is 132 Å². The van der Waals surface area contributed by atoms with Crippen LogP contribution in [0.4, 0.5) is 5.69 Å². The van der Waals surface area contributed by atoms with Crippen molar-refractivity contribution in [1.82, 2.24) is 4.57 Å². The molecule has 0 aliphatic carbocycles. The summed E-state index contributed by atoms with van der Waals surface area (Å²) in [7, 11) is 0. The molecule has 8 nitrogen and oxygen atoms in total. The molecule has 0 fully saturated rings. The lowest BCUT2D eigenvalue weighted by Crippen LogP contribution is -2.70. The highest BCUT2D eigenvalue weighted by atomic mass is 32.1. The molecule has 2 heterocycles. The molecule has 0 saturated heterocycles. The van der Waals surface area contributed by atoms with Crippen LogP contribution in [0.1, 0.15) is 36.6 Å². The summed E-state index contributed by atoms with van der Waals surface area (Å²) in [6, 6.07) is 23.5. The van der Waals surface area contributed by atoms with Gasteiger partial charge in [0.25, 0.3) is 5.56 Å². The van der Waals surface area contributed by atoms with Crippen LogP contribution in [0.2, 0.25) is 0 Å². The Morgan fingerprint density at radius 3 is 2.46 bits per heavy atom. The van der Waals surface area contributed by atoms with Crippen LogP contribution in [0.15, 0.2) is 99.9 Å². The lowest BCUT2D eigenvalue weighted by molar-refractivity contribution is -0.497. The van der Waals surface area contributed by atoms with E-state index in [1.807, 2.05) is 72.8 Å². The van der Waals surface area contributed by atoms with E-state index >= 15 is 0 Å². The van der Waals surface area contributed by atoms with Crippen molar-refractivity contribution in [2.75, 3.05) is 6.61 Å². The SMILES string of the molecule is CCOC(=O)C1=C(C)N=c2s/c(=C\c3ccc(OCc4ccc([NH2+][O-])cc4)cc3)c(=O)n2C1c1ccccc1. The Labute approximate surface area is 228 Å². The summed E-state index contributed by atoms with van der Waals surface area (Å²) >= 11 is 1.29. The summed E-state index contributed by atoms with van der Waals surface area (Å²) in [5.41, 5.74) is 4.71. The van der Waals surface area contributed by atoms with Crippen molar-refractivity contribution in [3.63, 3.8) is 0 Å². The van der Waals surface area contributed by atoms with Crippen molar-refractivity contribution >= 4 is 29.1 Å². The number of quaternary nitrogens is 1. The van der Waals surface area contributed by atoms with E-state index in [2.05, 4.69) is 4.99 Å². The van der Waals surface area contributed by atoms with E-state index in [1.165, 1.54) is 11.3 Å². The molecule has 39 heavy (non-hydrogen) atoms. The minimum absolute atomic E-state index is 0.221. The molecule has 1 atom stereocenters. The number of nitrogens with zero attached hydrogens (tertiary/aromatic N) is 2. The molecular formula is C30H27N3O5S. The first-order chi connectivity index (χ1) is 19.0. The van der Waals surface area contributed by atoms with E-state index < -0.39 is 12.0 Å². The van der Waals surface area contributed by atoms with Gasteiger partial charge in [-0.15, -0.1) is 0 Å². The van der Waals surface area contributed by atoms with Gasteiger partial charge in [-0.1, -0.05) is 53.8 Å². The maximum Gasteiger partial charge on any atom is 0.338 e. The van der Waals surface area contributed by atoms with Gasteiger partial charge in [-0.25, -0.2) is 9.79 Å². The predicted octanol–water partition coefficient (Wildman–Crippen LogP) is 3.07. The highest BCUT2D eigenvalue weighted by molar-refractivity contribution is 7.07. The largest absolute Gasteiger partial charge is 0.630 e. The Bertz CT molecular complexity index is 1690. The summed E-state index contributed by atoms with van der Waals surface area (Å²) in [5.74, 6) is 0.212. The first-order valence-corrected chi connectivity index (χ1v) is 13.3. The second-order valence-electron chi connectivity index (χ2n) is 8.93. The zero-order chi connectivity index (χ0) is 27.4. The Morgan fingerprint density at radius 1 is 1.08 bits per heavy atom. The molecule has 0 spiro atoms. The smallest absolute Gasteiger partial charge is 0.338 e. The van der Waals surface area contributed by atoms with E-state index in [0.29, 0.717) is 38.6 Å². The number of hydrogen-bond acceptors (Lipinski definition) is 7. The molecule has 0 saturated carbocycles. The van der Waals surface area contributed by atoms with Gasteiger partial charge in [0.15, 0.2) is 4.80 Å². The molecule has 0 amide bonds. The van der Waals surface area contributed by atoms with Crippen LogP contribution < -0.4 is 25.1 Å². The van der Waals surface area contributed by atoms with Crippen LogP contribution in [0.25, 0.3) is 6.08 Å². The van der Waals surface area contributed by atoms with Crippen molar-refractivity contribution in [3.8, 4) is 5.75 Å². The Kier molecular flexibility index (Phi) is 7.83. The van der Waals surface area contributed by atoms with Crippen LogP contribution in [0.3, 0.4) is 0 Å². The molecule has 0 radical (unpaired) electrons. The van der Waals surface area contributed by atoms with E-state index in [0.717, 1.165) is 22.2 Å². The monoisotopic (exact) mass is 541 g/mol. The fourth-order valence-electron chi connectivity index (χ4n) is 4.41. The van der Waals surface area contributed by atoms with Crippen molar-refractivity contribution < 1.29 is 19.7 Å². The standard InChI is InChI=1S/C30H27N3O5S/c1-3-37-29(35)26-19(2)31-30-33(27(26)22-7-5-4-6-8-22)28(34)25(39-30)17-20-11-15-24(16-12-20)38-18-21-9-13-23(32-36)14-10-21/h4-17,27H,3,18,32H2,1-2H3/b25-17-. The number of ether oxygens (including phenoxy) is 2. The van der Waals surface area contributed by atoms with Crippen LogP contribution >= 0.6 is 11.3 Å². The summed E-state index contributed by atoms with van der Waals surface area (Å²) in [4.78, 5) is 31.7. The number of carbonyl (C=O) groups is 1. The average Bonchev–Trinajstić information content (AvgIpc) is 3.26. The van der Waals surface area contributed by atoms with Crippen LogP contribution in [0.5, 0.6) is 5.75 Å². The maximum absolute atomic E-state index is 13.7. The lowest BCUT2D eigenvalue weighted by atomic mass is 9.96. The number of aromatic nitrogens is 1. The Hall–Kier alpha value is -4.31. The van der Waals surface area contributed by atoms with Crippen LogP contribution in [-0.4, -0.2) is 17.1 Å². The molecule has 3 aromatic carbocycles. The quantitative estimate of drug-likeness (QED) is 0.210. The third-order valence-electron chi connectivity index (χ3n) is 6.33. The zero-order valence-corrected chi connectivity index (χ0v) is 22.3. The number of fused-ring (bicyclic) bond motifs is 1. The summed E-state index contributed by atoms with van der Waals surface area (Å²) < 4.78 is 13.3. The molecule has 1 unspecified atom stereocenters. The molecule has 1 aromatic heterocycles. The molecule has 4 aromatic rings. The number of benzene rings is 3. The first kappa shape index (κ1) is 26.3. The molecule has 0 bridgehead atoms. The van der Waals surface area contributed by atoms with Gasteiger partial charge in [-0.05, 0) is 73.0 Å². The van der Waals surface area contributed by atoms with Gasteiger partial charge in [-0.3, -0.25) is 9.36 Å².